The topological polar surface area (TPSA) is 77.8 Å². The van der Waals surface area contributed by atoms with E-state index in [1.165, 1.54) is 17.8 Å². The van der Waals surface area contributed by atoms with Crippen LogP contribution in [0.25, 0.3) is 0 Å². The third kappa shape index (κ3) is 2.36. The molecule has 4 rings (SSSR count). The minimum Gasteiger partial charge on any atom is -0.478 e. The summed E-state index contributed by atoms with van der Waals surface area (Å²) < 4.78 is 0. The summed E-state index contributed by atoms with van der Waals surface area (Å²) in [5.74, 6) is -0.975. The first-order chi connectivity index (χ1) is 11.0. The number of aryl methyl sites for hydroxylation is 1. The summed E-state index contributed by atoms with van der Waals surface area (Å²) in [6, 6.07) is 8.89. The van der Waals surface area contributed by atoms with Crippen molar-refractivity contribution in [2.24, 2.45) is 0 Å². The molecule has 2 aliphatic rings. The largest absolute Gasteiger partial charge is 0.478 e. The normalized spacial score (nSPS) is 22.0. The smallest absolute Gasteiger partial charge is 0.335 e. The Morgan fingerprint density at radius 2 is 1.91 bits per heavy atom. The highest BCUT2D eigenvalue weighted by Gasteiger charge is 2.30. The van der Waals surface area contributed by atoms with Gasteiger partial charge in [0.05, 0.1) is 17.8 Å². The number of carboxylic acids is 1. The maximum absolute atomic E-state index is 11.2. The van der Waals surface area contributed by atoms with E-state index in [4.69, 9.17) is 0 Å². The Bertz CT molecular complexity index is 815. The predicted octanol–water partition coefficient (Wildman–Crippen LogP) is 3.11. The van der Waals surface area contributed by atoms with Crippen molar-refractivity contribution in [2.45, 2.75) is 41.3 Å². The van der Waals surface area contributed by atoms with Gasteiger partial charge >= 0.3 is 5.97 Å². The molecule has 0 aromatic heterocycles. The molecule has 0 radical (unpaired) electrons. The van der Waals surface area contributed by atoms with E-state index in [1.54, 1.807) is 12.1 Å². The van der Waals surface area contributed by atoms with Gasteiger partial charge in [-0.15, -0.1) is 0 Å². The first-order valence-electron chi connectivity index (χ1n) is 7.60. The molecule has 2 aromatic rings. The third-order valence-corrected chi connectivity index (χ3v) is 5.84. The number of hydrogen-bond acceptors (Lipinski definition) is 4. The first-order valence-corrected chi connectivity index (χ1v) is 8.42. The zero-order chi connectivity index (χ0) is 16.1. The lowest BCUT2D eigenvalue weighted by Crippen LogP contribution is -2.06. The Kier molecular flexibility index (Phi) is 3.44. The summed E-state index contributed by atoms with van der Waals surface area (Å²) in [6.45, 7) is 0. The summed E-state index contributed by atoms with van der Waals surface area (Å²) in [6.07, 6.45) is 0.870. The summed E-state index contributed by atoms with van der Waals surface area (Å²) >= 11 is 1.47. The van der Waals surface area contributed by atoms with Gasteiger partial charge in [-0.1, -0.05) is 23.9 Å². The second kappa shape index (κ2) is 5.37. The molecule has 3 N–H and O–H groups in total. The third-order valence-electron chi connectivity index (χ3n) is 4.66. The Hall–Kier alpha value is -1.82. The molecule has 1 aliphatic heterocycles. The number of carbonyl (C=O) groups is 1. The minimum absolute atomic E-state index is 0.216. The molecule has 1 heterocycles. The average molecular weight is 328 g/mol. The van der Waals surface area contributed by atoms with Crippen LogP contribution in [0, 0.1) is 0 Å². The van der Waals surface area contributed by atoms with Gasteiger partial charge in [0.15, 0.2) is 0 Å². The van der Waals surface area contributed by atoms with E-state index in [9.17, 15) is 20.1 Å². The van der Waals surface area contributed by atoms with E-state index in [2.05, 4.69) is 0 Å². The van der Waals surface area contributed by atoms with Gasteiger partial charge in [-0.25, -0.2) is 4.79 Å². The Balaban J connectivity index is 1.86. The fourth-order valence-corrected chi connectivity index (χ4v) is 4.72. The number of aromatic carboxylic acids is 1. The van der Waals surface area contributed by atoms with E-state index in [0.29, 0.717) is 6.42 Å². The molecule has 4 nitrogen and oxygen atoms in total. The molecule has 2 aromatic carbocycles. The Morgan fingerprint density at radius 3 is 2.70 bits per heavy atom. The lowest BCUT2D eigenvalue weighted by molar-refractivity contribution is 0.0696. The summed E-state index contributed by atoms with van der Waals surface area (Å²) in [5, 5.41) is 30.0. The zero-order valence-electron chi connectivity index (χ0n) is 12.3. The predicted molar refractivity (Wildman–Crippen MR) is 85.9 cm³/mol. The summed E-state index contributed by atoms with van der Waals surface area (Å²) in [7, 11) is 0. The van der Waals surface area contributed by atoms with Crippen molar-refractivity contribution in [2.75, 3.05) is 0 Å². The molecule has 0 amide bonds. The molecule has 5 heteroatoms. The van der Waals surface area contributed by atoms with Crippen LogP contribution in [0.3, 0.4) is 0 Å². The molecule has 118 valence electrons. The van der Waals surface area contributed by atoms with E-state index < -0.39 is 18.2 Å². The average Bonchev–Trinajstić information content (AvgIpc) is 2.83. The van der Waals surface area contributed by atoms with Crippen molar-refractivity contribution >= 4 is 17.7 Å². The molecule has 1 unspecified atom stereocenters. The zero-order valence-corrected chi connectivity index (χ0v) is 13.1. The lowest BCUT2D eigenvalue weighted by Gasteiger charge is -2.15. The number of aliphatic hydroxyl groups is 2. The van der Waals surface area contributed by atoms with Crippen LogP contribution in [0.15, 0.2) is 40.1 Å². The highest BCUT2D eigenvalue weighted by atomic mass is 32.2. The van der Waals surface area contributed by atoms with Gasteiger partial charge in [0.2, 0.25) is 0 Å². The van der Waals surface area contributed by atoms with E-state index in [1.807, 2.05) is 12.1 Å². The standard InChI is InChI=1S/C18H16O4S/c19-13-5-2-9-3-6-15-12(17(9)13)8-14(20)11-4-1-10(18(21)22)7-16(11)23-15/h1,3-4,6-7,13-14,19-20H,2,5,8H2,(H,21,22)/t13-,14?/m0/s1. The fourth-order valence-electron chi connectivity index (χ4n) is 3.52. The first kappa shape index (κ1) is 14.8. The quantitative estimate of drug-likeness (QED) is 0.750. The molecule has 23 heavy (non-hydrogen) atoms. The molecule has 1 aliphatic carbocycles. The fraction of sp³-hybridized carbons (Fsp3) is 0.278. The molecular weight excluding hydrogens is 312 g/mol. The van der Waals surface area contributed by atoms with Crippen molar-refractivity contribution in [3.05, 3.63) is 58.1 Å². The van der Waals surface area contributed by atoms with Crippen LogP contribution in [-0.2, 0) is 12.8 Å². The highest BCUT2D eigenvalue weighted by Crippen LogP contribution is 2.46. The number of hydrogen-bond donors (Lipinski definition) is 3. The lowest BCUT2D eigenvalue weighted by atomic mass is 9.94. The molecule has 0 saturated heterocycles. The van der Waals surface area contributed by atoms with Gasteiger partial charge in [-0.3, -0.25) is 0 Å². The number of carboxylic acid groups (broad SMARTS) is 1. The SMILES string of the molecule is O=C(O)c1ccc2c(c1)Sc1ccc3c(c1CC2O)[C@@H](O)CC3. The van der Waals surface area contributed by atoms with Gasteiger partial charge in [0.25, 0.3) is 0 Å². The number of rotatable bonds is 1. The van der Waals surface area contributed by atoms with Crippen molar-refractivity contribution in [3.8, 4) is 0 Å². The Labute approximate surface area is 137 Å². The summed E-state index contributed by atoms with van der Waals surface area (Å²) in [4.78, 5) is 12.9. The molecule has 0 saturated carbocycles. The van der Waals surface area contributed by atoms with Gasteiger partial charge in [-0.2, -0.15) is 0 Å². The van der Waals surface area contributed by atoms with Crippen LogP contribution in [0.4, 0.5) is 0 Å². The maximum Gasteiger partial charge on any atom is 0.335 e. The maximum atomic E-state index is 11.2. The van der Waals surface area contributed by atoms with E-state index >= 15 is 0 Å². The molecular formula is C18H16O4S. The van der Waals surface area contributed by atoms with Crippen LogP contribution >= 0.6 is 11.8 Å². The van der Waals surface area contributed by atoms with Crippen molar-refractivity contribution in [3.63, 3.8) is 0 Å². The van der Waals surface area contributed by atoms with Crippen LogP contribution in [0.1, 0.15) is 51.2 Å². The second-order valence-corrected chi connectivity index (χ2v) is 7.13. The van der Waals surface area contributed by atoms with Crippen molar-refractivity contribution in [1.82, 2.24) is 0 Å². The van der Waals surface area contributed by atoms with Crippen LogP contribution < -0.4 is 0 Å². The molecule has 0 spiro atoms. The number of fused-ring (bicyclic) bond motifs is 4. The van der Waals surface area contributed by atoms with Gasteiger partial charge in [0.1, 0.15) is 0 Å². The van der Waals surface area contributed by atoms with Gasteiger partial charge in [0, 0.05) is 16.2 Å². The van der Waals surface area contributed by atoms with E-state index in [-0.39, 0.29) is 5.56 Å². The monoisotopic (exact) mass is 328 g/mol. The number of aliphatic hydroxyl groups excluding tert-OH is 2. The molecule has 2 atom stereocenters. The van der Waals surface area contributed by atoms with Crippen molar-refractivity contribution < 1.29 is 20.1 Å². The second-order valence-electron chi connectivity index (χ2n) is 6.05. The van der Waals surface area contributed by atoms with Crippen LogP contribution in [-0.4, -0.2) is 21.3 Å². The summed E-state index contributed by atoms with van der Waals surface area (Å²) in [5.41, 5.74) is 4.07. The van der Waals surface area contributed by atoms with Crippen LogP contribution in [0.5, 0.6) is 0 Å². The van der Waals surface area contributed by atoms with Gasteiger partial charge in [-0.05, 0) is 53.3 Å². The minimum atomic E-state index is -0.975. The Morgan fingerprint density at radius 1 is 1.09 bits per heavy atom. The van der Waals surface area contributed by atoms with Crippen molar-refractivity contribution in [1.29, 1.82) is 0 Å². The molecule has 0 fully saturated rings. The molecule has 0 bridgehead atoms. The van der Waals surface area contributed by atoms with Crippen LogP contribution in [0.2, 0.25) is 0 Å². The van der Waals surface area contributed by atoms with E-state index in [0.717, 1.165) is 44.9 Å². The van der Waals surface area contributed by atoms with Gasteiger partial charge < -0.3 is 15.3 Å². The number of benzene rings is 2. The highest BCUT2D eigenvalue weighted by molar-refractivity contribution is 7.99.